The Morgan fingerprint density at radius 2 is 1.82 bits per heavy atom. The highest BCUT2D eigenvalue weighted by Crippen LogP contribution is 2.23. The lowest BCUT2D eigenvalue weighted by atomic mass is 10.0. The highest BCUT2D eigenvalue weighted by atomic mass is 28.3. The van der Waals surface area contributed by atoms with Crippen LogP contribution in [0.15, 0.2) is 42.5 Å². The molecule has 1 aromatic rings. The lowest BCUT2D eigenvalue weighted by Gasteiger charge is -2.33. The minimum absolute atomic E-state index is 0.231. The van der Waals surface area contributed by atoms with Gasteiger partial charge >= 0.3 is 6.16 Å². The molecule has 0 N–H and O–H groups in total. The van der Waals surface area contributed by atoms with Crippen molar-refractivity contribution in [3.8, 4) is 11.5 Å². The Kier molecular flexibility index (Phi) is 10.7. The molecule has 0 saturated carbocycles. The average Bonchev–Trinajstić information content (AvgIpc) is 2.64. The summed E-state index contributed by atoms with van der Waals surface area (Å²) in [5, 5.41) is 0. The van der Waals surface area contributed by atoms with Crippen molar-refractivity contribution in [1.29, 1.82) is 0 Å². The summed E-state index contributed by atoms with van der Waals surface area (Å²) in [5.74, 6) is 3.42. The van der Waals surface area contributed by atoms with E-state index >= 15 is 0 Å². The molecule has 0 aliphatic rings. The summed E-state index contributed by atoms with van der Waals surface area (Å²) < 4.78 is 9.71. The highest BCUT2D eigenvalue weighted by molar-refractivity contribution is 6.83. The van der Waals surface area contributed by atoms with Gasteiger partial charge in [-0.1, -0.05) is 68.0 Å². The predicted octanol–water partition coefficient (Wildman–Crippen LogP) is 5.44. The maximum Gasteiger partial charge on any atom is 0.508 e. The summed E-state index contributed by atoms with van der Waals surface area (Å²) in [6.07, 6.45) is 4.16. The Hall–Kier alpha value is -2.03. The van der Waals surface area contributed by atoms with Crippen molar-refractivity contribution in [2.45, 2.75) is 58.9 Å². The quantitative estimate of drug-likeness (QED) is 0.239. The number of hydrogen-bond acceptors (Lipinski definition) is 4. The Labute approximate surface area is 171 Å². The molecule has 0 fully saturated rings. The maximum atomic E-state index is 11.2. The molecule has 0 bridgehead atoms. The van der Waals surface area contributed by atoms with Crippen LogP contribution in [0.4, 0.5) is 4.79 Å². The minimum atomic E-state index is -1.39. The van der Waals surface area contributed by atoms with Crippen molar-refractivity contribution >= 4 is 14.2 Å². The van der Waals surface area contributed by atoms with E-state index in [-0.39, 0.29) is 12.6 Å². The van der Waals surface area contributed by atoms with Gasteiger partial charge in [0.15, 0.2) is 0 Å². The largest absolute Gasteiger partial charge is 0.508 e. The van der Waals surface area contributed by atoms with E-state index in [1.165, 1.54) is 5.56 Å². The highest BCUT2D eigenvalue weighted by Gasteiger charge is 2.20. The summed E-state index contributed by atoms with van der Waals surface area (Å²) in [5.41, 5.74) is 4.76. The van der Waals surface area contributed by atoms with E-state index in [0.717, 1.165) is 13.0 Å². The molecule has 0 aromatic heterocycles. The van der Waals surface area contributed by atoms with Gasteiger partial charge < -0.3 is 9.47 Å². The molecular weight excluding hydrogens is 366 g/mol. The SMILES string of the molecule is CCOC(=O)OC/C=C/C[C@@H](C)N(CC#C[Si](C)(C)C)[C@H](C)c1ccccc1. The molecule has 1 aromatic carbocycles. The lowest BCUT2D eigenvalue weighted by Crippen LogP contribution is -2.36. The molecule has 4 nitrogen and oxygen atoms in total. The van der Waals surface area contributed by atoms with Crippen LogP contribution in [0.3, 0.4) is 0 Å². The normalized spacial score (nSPS) is 13.7. The Morgan fingerprint density at radius 1 is 1.14 bits per heavy atom. The lowest BCUT2D eigenvalue weighted by molar-refractivity contribution is 0.0672. The van der Waals surface area contributed by atoms with Gasteiger partial charge in [-0.25, -0.2) is 4.79 Å². The molecule has 0 aliphatic carbocycles. The van der Waals surface area contributed by atoms with Crippen LogP contribution >= 0.6 is 0 Å². The molecule has 1 rings (SSSR count). The molecule has 0 spiro atoms. The molecule has 5 heteroatoms. The monoisotopic (exact) mass is 401 g/mol. The summed E-state index contributed by atoms with van der Waals surface area (Å²) in [7, 11) is -1.39. The fourth-order valence-corrected chi connectivity index (χ4v) is 3.38. The number of nitrogens with zero attached hydrogens (tertiary/aromatic N) is 1. The molecule has 28 heavy (non-hydrogen) atoms. The second-order valence-electron chi connectivity index (χ2n) is 7.86. The van der Waals surface area contributed by atoms with Crippen LogP contribution in [0.25, 0.3) is 0 Å². The molecule has 0 aliphatic heterocycles. The zero-order chi connectivity index (χ0) is 21.0. The third kappa shape index (κ3) is 9.77. The Morgan fingerprint density at radius 3 is 2.43 bits per heavy atom. The molecule has 0 heterocycles. The second-order valence-corrected chi connectivity index (χ2v) is 12.6. The van der Waals surface area contributed by atoms with Crippen LogP contribution in [0.5, 0.6) is 0 Å². The second kappa shape index (κ2) is 12.4. The van der Waals surface area contributed by atoms with Crippen molar-refractivity contribution in [2.24, 2.45) is 0 Å². The maximum absolute atomic E-state index is 11.2. The first-order chi connectivity index (χ1) is 13.2. The van der Waals surface area contributed by atoms with Gasteiger partial charge in [0.2, 0.25) is 0 Å². The first-order valence-electron chi connectivity index (χ1n) is 10.00. The van der Waals surface area contributed by atoms with Crippen LogP contribution in [0, 0.1) is 11.5 Å². The molecule has 2 atom stereocenters. The summed E-state index contributed by atoms with van der Waals surface area (Å²) in [4.78, 5) is 13.6. The van der Waals surface area contributed by atoms with Crippen molar-refractivity contribution in [3.05, 3.63) is 48.0 Å². The van der Waals surface area contributed by atoms with Crippen LogP contribution in [0.1, 0.15) is 38.8 Å². The Balaban J connectivity index is 2.74. The fourth-order valence-electron chi connectivity index (χ4n) is 2.77. The summed E-state index contributed by atoms with van der Waals surface area (Å²) in [6, 6.07) is 11.1. The zero-order valence-corrected chi connectivity index (χ0v) is 19.2. The number of carbonyl (C=O) groups excluding carboxylic acids is 1. The van der Waals surface area contributed by atoms with E-state index in [1.807, 2.05) is 12.1 Å². The van der Waals surface area contributed by atoms with E-state index in [2.05, 4.69) is 80.2 Å². The number of benzene rings is 1. The third-order valence-electron chi connectivity index (χ3n) is 4.27. The first kappa shape index (κ1) is 24.0. The standard InChI is InChI=1S/C23H35NO3Si/c1-7-26-23(25)27-18-12-11-14-20(2)24(17-13-19-28(4,5)6)21(3)22-15-9-8-10-16-22/h8-12,15-16,20-21H,7,14,17-18H2,1-6H3/b12-11+/t20-,21-/m1/s1. The van der Waals surface area contributed by atoms with Gasteiger partial charge in [-0.05, 0) is 32.8 Å². The smallest absolute Gasteiger partial charge is 0.435 e. The Bertz CT molecular complexity index is 671. The number of ether oxygens (including phenoxy) is 2. The van der Waals surface area contributed by atoms with Crippen molar-refractivity contribution in [1.82, 2.24) is 4.90 Å². The van der Waals surface area contributed by atoms with E-state index in [9.17, 15) is 4.79 Å². The van der Waals surface area contributed by atoms with Crippen molar-refractivity contribution in [3.63, 3.8) is 0 Å². The van der Waals surface area contributed by atoms with Crippen molar-refractivity contribution < 1.29 is 14.3 Å². The number of hydrogen-bond donors (Lipinski definition) is 0. The van der Waals surface area contributed by atoms with Gasteiger partial charge in [0, 0.05) is 12.1 Å². The summed E-state index contributed by atoms with van der Waals surface area (Å²) >= 11 is 0. The zero-order valence-electron chi connectivity index (χ0n) is 18.2. The van der Waals surface area contributed by atoms with Gasteiger partial charge in [-0.2, -0.15) is 0 Å². The van der Waals surface area contributed by atoms with Crippen LogP contribution in [-0.2, 0) is 9.47 Å². The van der Waals surface area contributed by atoms with Crippen LogP contribution in [0.2, 0.25) is 19.6 Å². The molecule has 0 amide bonds. The fraction of sp³-hybridized carbons (Fsp3) is 0.522. The van der Waals surface area contributed by atoms with Crippen LogP contribution in [-0.4, -0.2) is 44.9 Å². The molecule has 0 saturated heterocycles. The van der Waals surface area contributed by atoms with E-state index in [0.29, 0.717) is 12.6 Å². The van der Waals surface area contributed by atoms with E-state index in [1.54, 1.807) is 6.92 Å². The molecular formula is C23H35NO3Si. The number of rotatable bonds is 9. The third-order valence-corrected chi connectivity index (χ3v) is 5.20. The number of carbonyl (C=O) groups is 1. The molecule has 154 valence electrons. The van der Waals surface area contributed by atoms with E-state index in [4.69, 9.17) is 9.47 Å². The van der Waals surface area contributed by atoms with Gasteiger partial charge in [0.25, 0.3) is 0 Å². The van der Waals surface area contributed by atoms with Gasteiger partial charge in [-0.15, -0.1) is 5.54 Å². The van der Waals surface area contributed by atoms with Gasteiger partial charge in [0.1, 0.15) is 14.7 Å². The summed E-state index contributed by atoms with van der Waals surface area (Å²) in [6.45, 7) is 14.3. The van der Waals surface area contributed by atoms with Crippen molar-refractivity contribution in [2.75, 3.05) is 19.8 Å². The van der Waals surface area contributed by atoms with Gasteiger partial charge in [-0.3, -0.25) is 4.90 Å². The van der Waals surface area contributed by atoms with E-state index < -0.39 is 14.2 Å². The predicted molar refractivity (Wildman–Crippen MR) is 119 cm³/mol. The molecule has 0 radical (unpaired) electrons. The first-order valence-corrected chi connectivity index (χ1v) is 13.5. The van der Waals surface area contributed by atoms with Gasteiger partial charge in [0.05, 0.1) is 13.2 Å². The topological polar surface area (TPSA) is 38.8 Å². The average molecular weight is 402 g/mol. The molecule has 0 unspecified atom stereocenters. The minimum Gasteiger partial charge on any atom is -0.435 e. The van der Waals surface area contributed by atoms with Crippen LogP contribution < -0.4 is 0 Å².